The van der Waals surface area contributed by atoms with Crippen LogP contribution in [0.25, 0.3) is 11.4 Å². The number of ether oxygens (including phenoxy) is 1. The lowest BCUT2D eigenvalue weighted by atomic mass is 10.2. The highest BCUT2D eigenvalue weighted by Crippen LogP contribution is 2.17. The Labute approximate surface area is 139 Å². The third-order valence-electron chi connectivity index (χ3n) is 3.56. The quantitative estimate of drug-likeness (QED) is 0.689. The number of aromatic nitrogens is 4. The Morgan fingerprint density at radius 2 is 2.00 bits per heavy atom. The summed E-state index contributed by atoms with van der Waals surface area (Å²) in [5.41, 5.74) is 1.80. The second-order valence-corrected chi connectivity index (χ2v) is 5.32. The van der Waals surface area contributed by atoms with E-state index >= 15 is 0 Å². The maximum Gasteiger partial charge on any atom is 0.182 e. The first-order valence-electron chi connectivity index (χ1n) is 7.64. The van der Waals surface area contributed by atoms with E-state index in [0.29, 0.717) is 18.9 Å². The van der Waals surface area contributed by atoms with Gasteiger partial charge >= 0.3 is 0 Å². The molecule has 0 spiro atoms. The number of aliphatic hydroxyl groups excluding tert-OH is 1. The summed E-state index contributed by atoms with van der Waals surface area (Å²) in [6.45, 7) is 0.676. The Morgan fingerprint density at radius 1 is 1.17 bits per heavy atom. The number of aliphatic hydroxyl groups is 1. The van der Waals surface area contributed by atoms with Crippen molar-refractivity contribution in [3.8, 4) is 17.1 Å². The highest BCUT2D eigenvalue weighted by atomic mass is 16.5. The largest absolute Gasteiger partial charge is 0.497 e. The maximum absolute atomic E-state index is 10.3. The van der Waals surface area contributed by atoms with Crippen molar-refractivity contribution in [3.05, 3.63) is 54.6 Å². The Balaban J connectivity index is 1.61. The fourth-order valence-corrected chi connectivity index (χ4v) is 2.35. The van der Waals surface area contributed by atoms with E-state index in [1.165, 1.54) is 0 Å². The van der Waals surface area contributed by atoms with Gasteiger partial charge < -0.3 is 15.2 Å². The van der Waals surface area contributed by atoms with Crippen LogP contribution in [-0.4, -0.2) is 45.1 Å². The summed E-state index contributed by atoms with van der Waals surface area (Å²) in [7, 11) is 1.62. The predicted molar refractivity (Wildman–Crippen MR) is 90.7 cm³/mol. The molecule has 0 aliphatic carbocycles. The molecule has 1 atom stereocenters. The van der Waals surface area contributed by atoms with Crippen molar-refractivity contribution in [3.63, 3.8) is 0 Å². The molecule has 0 bridgehead atoms. The molecule has 3 rings (SSSR count). The van der Waals surface area contributed by atoms with Gasteiger partial charge in [0.1, 0.15) is 5.75 Å². The molecule has 0 aliphatic heterocycles. The first-order valence-corrected chi connectivity index (χ1v) is 7.64. The smallest absolute Gasteiger partial charge is 0.182 e. The molecule has 7 nitrogen and oxygen atoms in total. The summed E-state index contributed by atoms with van der Waals surface area (Å²) in [5.74, 6) is 1.40. The average Bonchev–Trinajstić information content (AvgIpc) is 3.09. The molecule has 124 valence electrons. The maximum atomic E-state index is 10.3. The van der Waals surface area contributed by atoms with Gasteiger partial charge in [0, 0.05) is 23.9 Å². The van der Waals surface area contributed by atoms with E-state index in [0.717, 1.165) is 17.0 Å². The van der Waals surface area contributed by atoms with E-state index in [1.54, 1.807) is 11.8 Å². The lowest BCUT2D eigenvalue weighted by Gasteiger charge is -2.14. The van der Waals surface area contributed by atoms with Crippen LogP contribution < -0.4 is 10.1 Å². The zero-order valence-electron chi connectivity index (χ0n) is 13.3. The third-order valence-corrected chi connectivity index (χ3v) is 3.56. The minimum Gasteiger partial charge on any atom is -0.497 e. The standard InChI is InChI=1S/C17H19N5O2/c1-24-16-9-5-8-14(10-16)18-11-15(23)12-22-17(19-20-21-22)13-6-3-2-4-7-13/h2-10,15,18,23H,11-12H2,1H3/t15-/m1/s1. The SMILES string of the molecule is COc1cccc(NC[C@@H](O)Cn2nnnc2-c2ccccc2)c1. The summed E-state index contributed by atoms with van der Waals surface area (Å²) in [5, 5.41) is 25.2. The predicted octanol–water partition coefficient (Wildman–Crippen LogP) is 1.82. The molecule has 0 aliphatic rings. The number of hydrogen-bond donors (Lipinski definition) is 2. The Hall–Kier alpha value is -2.93. The number of nitrogens with zero attached hydrogens (tertiary/aromatic N) is 4. The fraction of sp³-hybridized carbons (Fsp3) is 0.235. The number of benzene rings is 2. The van der Waals surface area contributed by atoms with Crippen LogP contribution in [0.2, 0.25) is 0 Å². The molecule has 0 saturated carbocycles. The highest BCUT2D eigenvalue weighted by Gasteiger charge is 2.13. The molecule has 7 heteroatoms. The van der Waals surface area contributed by atoms with Crippen LogP contribution in [0.3, 0.4) is 0 Å². The van der Waals surface area contributed by atoms with Crippen LogP contribution in [0.5, 0.6) is 5.75 Å². The van der Waals surface area contributed by atoms with Crippen molar-refractivity contribution in [2.75, 3.05) is 19.0 Å². The van der Waals surface area contributed by atoms with Gasteiger partial charge in [-0.25, -0.2) is 4.68 Å². The van der Waals surface area contributed by atoms with Crippen molar-refractivity contribution in [2.24, 2.45) is 0 Å². The van der Waals surface area contributed by atoms with Crippen molar-refractivity contribution in [1.29, 1.82) is 0 Å². The van der Waals surface area contributed by atoms with E-state index < -0.39 is 6.10 Å². The van der Waals surface area contributed by atoms with E-state index in [4.69, 9.17) is 4.74 Å². The number of methoxy groups -OCH3 is 1. The van der Waals surface area contributed by atoms with E-state index in [2.05, 4.69) is 20.8 Å². The van der Waals surface area contributed by atoms with E-state index in [-0.39, 0.29) is 0 Å². The van der Waals surface area contributed by atoms with Crippen molar-refractivity contribution < 1.29 is 9.84 Å². The van der Waals surface area contributed by atoms with Crippen LogP contribution in [0.4, 0.5) is 5.69 Å². The second kappa shape index (κ2) is 7.56. The molecule has 0 unspecified atom stereocenters. The summed E-state index contributed by atoms with van der Waals surface area (Å²) in [6, 6.07) is 17.2. The topological polar surface area (TPSA) is 85.1 Å². The molecule has 0 radical (unpaired) electrons. The van der Waals surface area contributed by atoms with Crippen LogP contribution in [0.15, 0.2) is 54.6 Å². The lowest BCUT2D eigenvalue weighted by Crippen LogP contribution is -2.26. The van der Waals surface area contributed by atoms with Crippen LogP contribution in [0, 0.1) is 0 Å². The highest BCUT2D eigenvalue weighted by molar-refractivity contribution is 5.53. The molecule has 0 amide bonds. The Bertz CT molecular complexity index is 775. The summed E-state index contributed by atoms with van der Waals surface area (Å²) >= 11 is 0. The van der Waals surface area contributed by atoms with E-state index in [9.17, 15) is 5.11 Å². The van der Waals surface area contributed by atoms with Gasteiger partial charge in [0.15, 0.2) is 5.82 Å². The molecular weight excluding hydrogens is 306 g/mol. The number of rotatable bonds is 7. The Morgan fingerprint density at radius 3 is 2.79 bits per heavy atom. The second-order valence-electron chi connectivity index (χ2n) is 5.32. The molecule has 3 aromatic rings. The number of nitrogens with one attached hydrogen (secondary N) is 1. The minimum atomic E-state index is -0.637. The summed E-state index contributed by atoms with van der Waals surface area (Å²) in [6.07, 6.45) is -0.637. The first kappa shape index (κ1) is 15.9. The molecule has 2 aromatic carbocycles. The zero-order chi connectivity index (χ0) is 16.8. The van der Waals surface area contributed by atoms with Crippen LogP contribution in [-0.2, 0) is 6.54 Å². The lowest BCUT2D eigenvalue weighted by molar-refractivity contribution is 0.161. The number of tetrazole rings is 1. The van der Waals surface area contributed by atoms with E-state index in [1.807, 2.05) is 54.6 Å². The molecule has 2 N–H and O–H groups in total. The molecule has 24 heavy (non-hydrogen) atoms. The van der Waals surface area contributed by atoms with Crippen molar-refractivity contribution in [1.82, 2.24) is 20.2 Å². The summed E-state index contributed by atoms with van der Waals surface area (Å²) < 4.78 is 6.78. The minimum absolute atomic E-state index is 0.300. The van der Waals surface area contributed by atoms with Gasteiger partial charge in [-0.3, -0.25) is 0 Å². The average molecular weight is 325 g/mol. The van der Waals surface area contributed by atoms with Gasteiger partial charge in [-0.2, -0.15) is 0 Å². The normalized spacial score (nSPS) is 11.9. The molecular formula is C17H19N5O2. The van der Waals surface area contributed by atoms with Gasteiger partial charge in [-0.05, 0) is 22.6 Å². The molecule has 1 heterocycles. The van der Waals surface area contributed by atoms with Gasteiger partial charge in [0.2, 0.25) is 0 Å². The summed E-state index contributed by atoms with van der Waals surface area (Å²) in [4.78, 5) is 0. The molecule has 0 saturated heterocycles. The van der Waals surface area contributed by atoms with Crippen molar-refractivity contribution >= 4 is 5.69 Å². The van der Waals surface area contributed by atoms with Gasteiger partial charge in [0.25, 0.3) is 0 Å². The number of anilines is 1. The van der Waals surface area contributed by atoms with Crippen LogP contribution >= 0.6 is 0 Å². The van der Waals surface area contributed by atoms with Gasteiger partial charge in [-0.1, -0.05) is 36.4 Å². The van der Waals surface area contributed by atoms with Gasteiger partial charge in [0.05, 0.1) is 19.8 Å². The zero-order valence-corrected chi connectivity index (χ0v) is 13.3. The third kappa shape index (κ3) is 3.88. The van der Waals surface area contributed by atoms with Crippen LogP contribution in [0.1, 0.15) is 0 Å². The van der Waals surface area contributed by atoms with Gasteiger partial charge in [-0.15, -0.1) is 5.10 Å². The monoisotopic (exact) mass is 325 g/mol. The van der Waals surface area contributed by atoms with Crippen molar-refractivity contribution in [2.45, 2.75) is 12.6 Å². The molecule has 0 fully saturated rings. The molecule has 1 aromatic heterocycles. The first-order chi connectivity index (χ1) is 11.8. The Kier molecular flexibility index (Phi) is 5.02. The number of hydrogen-bond acceptors (Lipinski definition) is 6. The fourth-order valence-electron chi connectivity index (χ4n) is 2.35.